The SMILES string of the molecule is CC(C)(C)NCCc1ncc(C2CCCC2)[nH]1. The minimum absolute atomic E-state index is 0.195. The third-order valence-electron chi connectivity index (χ3n) is 3.46. The highest BCUT2D eigenvalue weighted by atomic mass is 15.0. The highest BCUT2D eigenvalue weighted by Gasteiger charge is 2.18. The lowest BCUT2D eigenvalue weighted by atomic mass is 10.1. The summed E-state index contributed by atoms with van der Waals surface area (Å²) in [6.07, 6.45) is 8.46. The summed E-state index contributed by atoms with van der Waals surface area (Å²) >= 11 is 0. The third-order valence-corrected chi connectivity index (χ3v) is 3.46. The van der Waals surface area contributed by atoms with Crippen LogP contribution in [0.3, 0.4) is 0 Å². The van der Waals surface area contributed by atoms with Crippen LogP contribution < -0.4 is 5.32 Å². The summed E-state index contributed by atoms with van der Waals surface area (Å²) in [6.45, 7) is 7.57. The molecule has 0 amide bonds. The summed E-state index contributed by atoms with van der Waals surface area (Å²) < 4.78 is 0. The first-order valence-corrected chi connectivity index (χ1v) is 6.83. The van der Waals surface area contributed by atoms with Crippen molar-refractivity contribution in [2.75, 3.05) is 6.54 Å². The van der Waals surface area contributed by atoms with Crippen molar-refractivity contribution in [3.63, 3.8) is 0 Å². The molecule has 17 heavy (non-hydrogen) atoms. The Morgan fingerprint density at radius 2 is 2.06 bits per heavy atom. The van der Waals surface area contributed by atoms with E-state index in [1.807, 2.05) is 6.20 Å². The molecule has 0 atom stereocenters. The van der Waals surface area contributed by atoms with E-state index in [2.05, 4.69) is 36.1 Å². The van der Waals surface area contributed by atoms with Crippen LogP contribution in [0.4, 0.5) is 0 Å². The number of hydrogen-bond donors (Lipinski definition) is 2. The second-order valence-electron chi connectivity index (χ2n) is 6.19. The van der Waals surface area contributed by atoms with Crippen molar-refractivity contribution in [2.24, 2.45) is 0 Å². The first-order chi connectivity index (χ1) is 8.04. The predicted molar refractivity (Wildman–Crippen MR) is 71.3 cm³/mol. The Kier molecular flexibility index (Phi) is 3.87. The summed E-state index contributed by atoms with van der Waals surface area (Å²) in [7, 11) is 0. The second kappa shape index (κ2) is 5.21. The van der Waals surface area contributed by atoms with Crippen molar-refractivity contribution < 1.29 is 0 Å². The average molecular weight is 235 g/mol. The fourth-order valence-electron chi connectivity index (χ4n) is 2.51. The summed E-state index contributed by atoms with van der Waals surface area (Å²) in [6, 6.07) is 0. The molecule has 3 nitrogen and oxygen atoms in total. The predicted octanol–water partition coefficient (Wildman–Crippen LogP) is 3.00. The normalized spacial score (nSPS) is 17.8. The van der Waals surface area contributed by atoms with Gasteiger partial charge in [0.05, 0.1) is 0 Å². The molecule has 1 saturated carbocycles. The van der Waals surface area contributed by atoms with E-state index in [-0.39, 0.29) is 5.54 Å². The number of H-pyrrole nitrogens is 1. The zero-order valence-corrected chi connectivity index (χ0v) is 11.3. The van der Waals surface area contributed by atoms with E-state index in [1.165, 1.54) is 31.4 Å². The first kappa shape index (κ1) is 12.6. The van der Waals surface area contributed by atoms with Crippen LogP contribution in [0, 0.1) is 0 Å². The van der Waals surface area contributed by atoms with Gasteiger partial charge in [0.2, 0.25) is 0 Å². The number of nitrogens with zero attached hydrogens (tertiary/aromatic N) is 1. The molecule has 0 aliphatic heterocycles. The van der Waals surface area contributed by atoms with E-state index >= 15 is 0 Å². The van der Waals surface area contributed by atoms with Crippen molar-refractivity contribution in [2.45, 2.75) is 64.3 Å². The van der Waals surface area contributed by atoms with E-state index in [0.29, 0.717) is 0 Å². The van der Waals surface area contributed by atoms with Crippen LogP contribution in [0.1, 0.15) is 63.9 Å². The molecule has 0 saturated heterocycles. The molecule has 1 aromatic rings. The van der Waals surface area contributed by atoms with Crippen LogP contribution in [0.25, 0.3) is 0 Å². The van der Waals surface area contributed by atoms with Crippen molar-refractivity contribution in [1.29, 1.82) is 0 Å². The van der Waals surface area contributed by atoms with Gasteiger partial charge in [-0.15, -0.1) is 0 Å². The lowest BCUT2D eigenvalue weighted by Crippen LogP contribution is -2.37. The van der Waals surface area contributed by atoms with Crippen molar-refractivity contribution in [3.05, 3.63) is 17.7 Å². The van der Waals surface area contributed by atoms with Crippen LogP contribution in [0.15, 0.2) is 6.20 Å². The van der Waals surface area contributed by atoms with Gasteiger partial charge in [0, 0.05) is 36.3 Å². The van der Waals surface area contributed by atoms with E-state index in [4.69, 9.17) is 0 Å². The van der Waals surface area contributed by atoms with Crippen molar-refractivity contribution in [3.8, 4) is 0 Å². The topological polar surface area (TPSA) is 40.7 Å². The largest absolute Gasteiger partial charge is 0.346 e. The molecule has 3 heteroatoms. The molecular formula is C14H25N3. The fourth-order valence-corrected chi connectivity index (χ4v) is 2.51. The molecule has 2 rings (SSSR count). The van der Waals surface area contributed by atoms with Crippen LogP contribution in [-0.2, 0) is 6.42 Å². The maximum atomic E-state index is 4.48. The Balaban J connectivity index is 1.81. The Bertz CT molecular complexity index is 343. The molecule has 0 radical (unpaired) electrons. The van der Waals surface area contributed by atoms with Crippen LogP contribution in [-0.4, -0.2) is 22.1 Å². The van der Waals surface area contributed by atoms with Crippen LogP contribution >= 0.6 is 0 Å². The van der Waals surface area contributed by atoms with Gasteiger partial charge < -0.3 is 10.3 Å². The third kappa shape index (κ3) is 3.84. The van der Waals surface area contributed by atoms with E-state index in [9.17, 15) is 0 Å². The lowest BCUT2D eigenvalue weighted by molar-refractivity contribution is 0.427. The van der Waals surface area contributed by atoms with Gasteiger partial charge in [-0.3, -0.25) is 0 Å². The molecule has 1 aliphatic carbocycles. The monoisotopic (exact) mass is 235 g/mol. The van der Waals surface area contributed by atoms with Gasteiger partial charge in [-0.2, -0.15) is 0 Å². The second-order valence-corrected chi connectivity index (χ2v) is 6.19. The molecule has 2 N–H and O–H groups in total. The number of hydrogen-bond acceptors (Lipinski definition) is 2. The molecule has 1 heterocycles. The van der Waals surface area contributed by atoms with Crippen molar-refractivity contribution >= 4 is 0 Å². The van der Waals surface area contributed by atoms with Gasteiger partial charge in [-0.25, -0.2) is 4.98 Å². The van der Waals surface area contributed by atoms with Crippen LogP contribution in [0.5, 0.6) is 0 Å². The number of nitrogens with one attached hydrogen (secondary N) is 2. The summed E-state index contributed by atoms with van der Waals surface area (Å²) in [5.41, 5.74) is 1.55. The maximum Gasteiger partial charge on any atom is 0.107 e. The van der Waals surface area contributed by atoms with Gasteiger partial charge >= 0.3 is 0 Å². The summed E-state index contributed by atoms with van der Waals surface area (Å²) in [4.78, 5) is 7.98. The quantitative estimate of drug-likeness (QED) is 0.842. The van der Waals surface area contributed by atoms with Crippen LogP contribution in [0.2, 0.25) is 0 Å². The smallest absolute Gasteiger partial charge is 0.107 e. The molecule has 1 aromatic heterocycles. The minimum atomic E-state index is 0.195. The molecular weight excluding hydrogens is 210 g/mol. The number of aromatic amines is 1. The van der Waals surface area contributed by atoms with Gasteiger partial charge in [-0.05, 0) is 33.6 Å². The minimum Gasteiger partial charge on any atom is -0.346 e. The Hall–Kier alpha value is -0.830. The van der Waals surface area contributed by atoms with Gasteiger partial charge in [0.15, 0.2) is 0 Å². The summed E-state index contributed by atoms with van der Waals surface area (Å²) in [5.74, 6) is 1.87. The number of rotatable bonds is 4. The zero-order chi connectivity index (χ0) is 12.3. The zero-order valence-electron chi connectivity index (χ0n) is 11.3. The van der Waals surface area contributed by atoms with Gasteiger partial charge in [0.1, 0.15) is 5.82 Å². The highest BCUT2D eigenvalue weighted by Crippen LogP contribution is 2.32. The molecule has 0 unspecified atom stereocenters. The number of aromatic nitrogens is 2. The van der Waals surface area contributed by atoms with Gasteiger partial charge in [0.25, 0.3) is 0 Å². The van der Waals surface area contributed by atoms with E-state index in [0.717, 1.165) is 24.7 Å². The van der Waals surface area contributed by atoms with Crippen molar-refractivity contribution in [1.82, 2.24) is 15.3 Å². The molecule has 0 bridgehead atoms. The highest BCUT2D eigenvalue weighted by molar-refractivity contribution is 5.09. The molecule has 0 spiro atoms. The molecule has 0 aromatic carbocycles. The fraction of sp³-hybridized carbons (Fsp3) is 0.786. The lowest BCUT2D eigenvalue weighted by Gasteiger charge is -2.19. The Morgan fingerprint density at radius 1 is 1.35 bits per heavy atom. The maximum absolute atomic E-state index is 4.48. The molecule has 96 valence electrons. The average Bonchev–Trinajstić information content (AvgIpc) is 2.83. The standard InChI is InChI=1S/C14H25N3/c1-14(2,3)16-9-8-13-15-10-12(17-13)11-6-4-5-7-11/h10-11,16H,4-9H2,1-3H3,(H,15,17). The van der Waals surface area contributed by atoms with E-state index < -0.39 is 0 Å². The molecule has 1 aliphatic rings. The molecule has 1 fully saturated rings. The number of imidazole rings is 1. The first-order valence-electron chi connectivity index (χ1n) is 6.83. The van der Waals surface area contributed by atoms with Gasteiger partial charge in [-0.1, -0.05) is 12.8 Å². The van der Waals surface area contributed by atoms with E-state index in [1.54, 1.807) is 0 Å². The summed E-state index contributed by atoms with van der Waals surface area (Å²) in [5, 5.41) is 3.49. The Labute approximate surface area is 104 Å². The Morgan fingerprint density at radius 3 is 2.71 bits per heavy atom.